The van der Waals surface area contributed by atoms with E-state index in [1.807, 2.05) is 13.8 Å². The van der Waals surface area contributed by atoms with Crippen LogP contribution in [0, 0.1) is 0 Å². The molecule has 0 spiro atoms. The van der Waals surface area contributed by atoms with E-state index in [4.69, 9.17) is 16.3 Å². The molecule has 10 heteroatoms. The second-order valence-electron chi connectivity index (χ2n) is 7.21. The molecule has 3 rings (SSSR count). The van der Waals surface area contributed by atoms with E-state index in [9.17, 15) is 18.0 Å². The molecular weight excluding hydrogens is 457 g/mol. The van der Waals surface area contributed by atoms with Crippen LogP contribution in [0.5, 0.6) is 11.6 Å². The molecule has 172 valence electrons. The smallest absolute Gasteiger partial charge is 0.417 e. The van der Waals surface area contributed by atoms with Crippen LogP contribution in [0.2, 0.25) is 5.02 Å². The molecule has 0 aliphatic rings. The highest BCUT2D eigenvalue weighted by molar-refractivity contribution is 6.31. The van der Waals surface area contributed by atoms with Gasteiger partial charge in [0.25, 0.3) is 0 Å². The van der Waals surface area contributed by atoms with Crippen LogP contribution in [0.1, 0.15) is 25.0 Å². The number of ether oxygens (including phenoxy) is 1. The van der Waals surface area contributed by atoms with Crippen LogP contribution in [0.15, 0.2) is 60.8 Å². The van der Waals surface area contributed by atoms with Crippen LogP contribution in [0.25, 0.3) is 6.08 Å². The lowest BCUT2D eigenvalue weighted by atomic mass is 10.2. The summed E-state index contributed by atoms with van der Waals surface area (Å²) in [7, 11) is 0. The number of hydrogen-bond donors (Lipinski definition) is 2. The Morgan fingerprint density at radius 2 is 1.94 bits per heavy atom. The predicted molar refractivity (Wildman–Crippen MR) is 121 cm³/mol. The van der Waals surface area contributed by atoms with Gasteiger partial charge in [0.1, 0.15) is 5.75 Å². The fraction of sp³-hybridized carbons (Fsp3) is 0.174. The van der Waals surface area contributed by atoms with E-state index in [1.54, 1.807) is 36.5 Å². The van der Waals surface area contributed by atoms with Gasteiger partial charge in [-0.2, -0.15) is 18.2 Å². The number of nitrogens with zero attached hydrogens (tertiary/aromatic N) is 2. The quantitative estimate of drug-likeness (QED) is 0.385. The number of anilines is 2. The first-order valence-electron chi connectivity index (χ1n) is 9.83. The molecule has 2 N–H and O–H groups in total. The Hall–Kier alpha value is -3.59. The van der Waals surface area contributed by atoms with Gasteiger partial charge in [0.2, 0.25) is 17.7 Å². The highest BCUT2D eigenvalue weighted by Gasteiger charge is 2.33. The Kier molecular flexibility index (Phi) is 7.55. The summed E-state index contributed by atoms with van der Waals surface area (Å²) in [5.74, 6) is 0.664. The number of halogens is 4. The maximum atomic E-state index is 13.0. The van der Waals surface area contributed by atoms with Crippen molar-refractivity contribution < 1.29 is 22.7 Å². The monoisotopic (exact) mass is 476 g/mol. The molecule has 1 heterocycles. The van der Waals surface area contributed by atoms with Crippen LogP contribution in [0.4, 0.5) is 24.8 Å². The van der Waals surface area contributed by atoms with Gasteiger partial charge in [-0.25, -0.2) is 4.98 Å². The average Bonchev–Trinajstić information content (AvgIpc) is 2.73. The van der Waals surface area contributed by atoms with Gasteiger partial charge in [-0.3, -0.25) is 4.79 Å². The van der Waals surface area contributed by atoms with E-state index in [0.717, 1.165) is 12.1 Å². The summed E-state index contributed by atoms with van der Waals surface area (Å²) in [5, 5.41) is 5.03. The summed E-state index contributed by atoms with van der Waals surface area (Å²) in [6.07, 6.45) is -0.337. The van der Waals surface area contributed by atoms with Crippen molar-refractivity contribution in [1.82, 2.24) is 9.97 Å². The Bertz CT molecular complexity index is 1170. The van der Waals surface area contributed by atoms with Crippen LogP contribution >= 0.6 is 11.6 Å². The predicted octanol–water partition coefficient (Wildman–Crippen LogP) is 6.41. The zero-order chi connectivity index (χ0) is 24.0. The SMILES string of the molecule is CC(C)Nc1nccc(Oc2cccc(/C=C/C(=O)Nc3ccc(Cl)c(C(F)(F)F)c3)c2)n1. The van der Waals surface area contributed by atoms with Crippen molar-refractivity contribution in [3.63, 3.8) is 0 Å². The molecule has 0 saturated heterocycles. The van der Waals surface area contributed by atoms with Gasteiger partial charge in [-0.15, -0.1) is 0 Å². The molecule has 0 atom stereocenters. The van der Waals surface area contributed by atoms with Gasteiger partial charge in [0.05, 0.1) is 10.6 Å². The van der Waals surface area contributed by atoms with E-state index in [0.29, 0.717) is 23.1 Å². The lowest BCUT2D eigenvalue weighted by Crippen LogP contribution is -2.12. The Morgan fingerprint density at radius 3 is 2.67 bits per heavy atom. The fourth-order valence-corrected chi connectivity index (χ4v) is 2.93. The highest BCUT2D eigenvalue weighted by atomic mass is 35.5. The number of nitrogens with one attached hydrogen (secondary N) is 2. The molecule has 3 aromatic rings. The van der Waals surface area contributed by atoms with E-state index in [1.165, 1.54) is 18.2 Å². The molecule has 2 aromatic carbocycles. The van der Waals surface area contributed by atoms with Crippen molar-refractivity contribution in [3.05, 3.63) is 77.0 Å². The Morgan fingerprint density at radius 1 is 1.15 bits per heavy atom. The standard InChI is InChI=1S/C23H20ClF3N4O2/c1-14(2)29-22-28-11-10-21(31-22)33-17-5-3-4-15(12-17)6-9-20(32)30-16-7-8-19(24)18(13-16)23(25,26)27/h3-14H,1-2H3,(H,30,32)(H,28,29,31)/b9-6+. The van der Waals surface area contributed by atoms with Crippen molar-refractivity contribution in [1.29, 1.82) is 0 Å². The Labute approximate surface area is 193 Å². The van der Waals surface area contributed by atoms with Crippen molar-refractivity contribution in [2.75, 3.05) is 10.6 Å². The van der Waals surface area contributed by atoms with E-state index in [-0.39, 0.29) is 11.7 Å². The molecule has 0 unspecified atom stereocenters. The molecule has 0 saturated carbocycles. The zero-order valence-electron chi connectivity index (χ0n) is 17.7. The molecule has 1 aromatic heterocycles. The van der Waals surface area contributed by atoms with Crippen molar-refractivity contribution in [3.8, 4) is 11.6 Å². The third kappa shape index (κ3) is 7.21. The lowest BCUT2D eigenvalue weighted by molar-refractivity contribution is -0.137. The van der Waals surface area contributed by atoms with Gasteiger partial charge in [0.15, 0.2) is 0 Å². The summed E-state index contributed by atoms with van der Waals surface area (Å²) < 4.78 is 44.7. The van der Waals surface area contributed by atoms with Gasteiger partial charge in [-0.05, 0) is 55.8 Å². The van der Waals surface area contributed by atoms with Crippen molar-refractivity contribution in [2.45, 2.75) is 26.1 Å². The summed E-state index contributed by atoms with van der Waals surface area (Å²) >= 11 is 5.59. The topological polar surface area (TPSA) is 76.1 Å². The number of carbonyl (C=O) groups is 1. The molecule has 33 heavy (non-hydrogen) atoms. The lowest BCUT2D eigenvalue weighted by Gasteiger charge is -2.11. The number of alkyl halides is 3. The van der Waals surface area contributed by atoms with Crippen LogP contribution in [0.3, 0.4) is 0 Å². The van der Waals surface area contributed by atoms with E-state index < -0.39 is 22.7 Å². The minimum Gasteiger partial charge on any atom is -0.439 e. The van der Waals surface area contributed by atoms with Gasteiger partial charge >= 0.3 is 6.18 Å². The first-order chi connectivity index (χ1) is 15.6. The van der Waals surface area contributed by atoms with Gasteiger partial charge < -0.3 is 15.4 Å². The first-order valence-corrected chi connectivity index (χ1v) is 10.2. The average molecular weight is 477 g/mol. The van der Waals surface area contributed by atoms with Gasteiger partial charge in [-0.1, -0.05) is 23.7 Å². The minimum absolute atomic E-state index is 0.0203. The molecular formula is C23H20ClF3N4O2. The van der Waals surface area contributed by atoms with Crippen molar-refractivity contribution in [2.24, 2.45) is 0 Å². The first kappa shape index (κ1) is 24.1. The molecule has 0 aliphatic heterocycles. The second-order valence-corrected chi connectivity index (χ2v) is 7.61. The largest absolute Gasteiger partial charge is 0.439 e. The molecule has 0 aliphatic carbocycles. The number of benzene rings is 2. The number of aromatic nitrogens is 2. The van der Waals surface area contributed by atoms with Crippen LogP contribution < -0.4 is 15.4 Å². The van der Waals surface area contributed by atoms with Crippen molar-refractivity contribution >= 4 is 35.2 Å². The minimum atomic E-state index is -4.62. The summed E-state index contributed by atoms with van der Waals surface area (Å²) in [6.45, 7) is 3.93. The summed E-state index contributed by atoms with van der Waals surface area (Å²) in [5.41, 5.74) is -0.398. The number of carbonyl (C=O) groups excluding carboxylic acids is 1. The van der Waals surface area contributed by atoms with Crippen LogP contribution in [-0.2, 0) is 11.0 Å². The normalized spacial score (nSPS) is 11.6. The van der Waals surface area contributed by atoms with E-state index >= 15 is 0 Å². The highest BCUT2D eigenvalue weighted by Crippen LogP contribution is 2.36. The summed E-state index contributed by atoms with van der Waals surface area (Å²) in [4.78, 5) is 20.6. The second kappa shape index (κ2) is 10.4. The number of hydrogen-bond acceptors (Lipinski definition) is 5. The molecule has 6 nitrogen and oxygen atoms in total. The zero-order valence-corrected chi connectivity index (χ0v) is 18.4. The van der Waals surface area contributed by atoms with Gasteiger partial charge in [0, 0.05) is 30.1 Å². The third-order valence-electron chi connectivity index (χ3n) is 4.09. The summed E-state index contributed by atoms with van der Waals surface area (Å²) in [6, 6.07) is 11.8. The maximum absolute atomic E-state index is 13.0. The molecule has 0 fully saturated rings. The fourth-order valence-electron chi connectivity index (χ4n) is 2.71. The van der Waals surface area contributed by atoms with E-state index in [2.05, 4.69) is 20.6 Å². The molecule has 1 amide bonds. The maximum Gasteiger partial charge on any atom is 0.417 e. The molecule has 0 bridgehead atoms. The third-order valence-corrected chi connectivity index (χ3v) is 4.42. The molecule has 0 radical (unpaired) electrons. The number of rotatable bonds is 7. The van der Waals surface area contributed by atoms with Crippen LogP contribution in [-0.4, -0.2) is 21.9 Å². The Balaban J connectivity index is 1.67. The number of amides is 1.